The van der Waals surface area contributed by atoms with Crippen molar-refractivity contribution in [1.29, 1.82) is 0 Å². The van der Waals surface area contributed by atoms with Gasteiger partial charge in [-0.3, -0.25) is 9.69 Å². The fourth-order valence-corrected chi connectivity index (χ4v) is 2.66. The molecule has 0 aromatic carbocycles. The van der Waals surface area contributed by atoms with Gasteiger partial charge >= 0.3 is 0 Å². The van der Waals surface area contributed by atoms with E-state index in [-0.39, 0.29) is 6.04 Å². The zero-order valence-corrected chi connectivity index (χ0v) is 13.1. The number of carbonyl (C=O) groups is 1. The molecule has 19 heavy (non-hydrogen) atoms. The maximum atomic E-state index is 12.6. The summed E-state index contributed by atoms with van der Waals surface area (Å²) in [5.74, 6) is 0.304. The Balaban J connectivity index is 2.62. The van der Waals surface area contributed by atoms with Crippen LogP contribution in [0.1, 0.15) is 47.0 Å². The number of nitrogens with one attached hydrogen (secondary N) is 1. The highest BCUT2D eigenvalue weighted by atomic mass is 16.2. The molecule has 2 atom stereocenters. The van der Waals surface area contributed by atoms with Crippen molar-refractivity contribution < 1.29 is 4.79 Å². The summed E-state index contributed by atoms with van der Waals surface area (Å²) in [6.07, 6.45) is 3.45. The third-order valence-corrected chi connectivity index (χ3v) is 4.21. The van der Waals surface area contributed by atoms with Crippen LogP contribution in [0, 0.1) is 0 Å². The number of unbranched alkanes of at least 4 members (excludes halogenated alkanes) is 1. The van der Waals surface area contributed by atoms with Gasteiger partial charge in [0.1, 0.15) is 0 Å². The zero-order valence-electron chi connectivity index (χ0n) is 13.1. The Kier molecular flexibility index (Phi) is 7.39. The number of piperazine rings is 1. The van der Waals surface area contributed by atoms with E-state index in [1.54, 1.807) is 0 Å². The second-order valence-electron chi connectivity index (χ2n) is 5.60. The number of carbonyl (C=O) groups excluding carboxylic acids is 1. The molecule has 1 rings (SSSR count). The van der Waals surface area contributed by atoms with Gasteiger partial charge in [-0.1, -0.05) is 20.3 Å². The van der Waals surface area contributed by atoms with Gasteiger partial charge in [0.05, 0.1) is 6.04 Å². The maximum absolute atomic E-state index is 12.6. The van der Waals surface area contributed by atoms with Crippen molar-refractivity contribution in [1.82, 2.24) is 15.1 Å². The molecule has 4 heteroatoms. The summed E-state index contributed by atoms with van der Waals surface area (Å²) in [4.78, 5) is 17.0. The molecule has 4 nitrogen and oxygen atoms in total. The van der Waals surface area contributed by atoms with Crippen molar-refractivity contribution in [2.75, 3.05) is 32.7 Å². The highest BCUT2D eigenvalue weighted by molar-refractivity contribution is 5.81. The number of hydrogen-bond acceptors (Lipinski definition) is 3. The van der Waals surface area contributed by atoms with Crippen LogP contribution >= 0.6 is 0 Å². The van der Waals surface area contributed by atoms with E-state index in [1.807, 2.05) is 4.90 Å². The van der Waals surface area contributed by atoms with E-state index in [0.717, 1.165) is 39.1 Å². The lowest BCUT2D eigenvalue weighted by atomic mass is 10.1. The molecule has 1 N–H and O–H groups in total. The minimum Gasteiger partial charge on any atom is -0.339 e. The second kappa shape index (κ2) is 8.54. The van der Waals surface area contributed by atoms with Crippen molar-refractivity contribution >= 4 is 5.91 Å². The third-order valence-electron chi connectivity index (χ3n) is 4.21. The molecular weight excluding hydrogens is 238 g/mol. The first-order valence-corrected chi connectivity index (χ1v) is 7.87. The fraction of sp³-hybridized carbons (Fsp3) is 0.933. The zero-order chi connectivity index (χ0) is 14.3. The quantitative estimate of drug-likeness (QED) is 0.764. The Morgan fingerprint density at radius 2 is 1.89 bits per heavy atom. The Bertz CT molecular complexity index is 264. The van der Waals surface area contributed by atoms with Crippen molar-refractivity contribution in [3.05, 3.63) is 0 Å². The molecule has 0 saturated carbocycles. The van der Waals surface area contributed by atoms with E-state index in [9.17, 15) is 4.79 Å². The standard InChI is InChI=1S/C15H31N3O/c1-5-7-10-18(13(3)6-2)14(4)15(19)17-11-8-16-9-12-17/h13-14,16H,5-12H2,1-4H3. The minimum atomic E-state index is 0.0135. The summed E-state index contributed by atoms with van der Waals surface area (Å²) < 4.78 is 0. The van der Waals surface area contributed by atoms with Crippen LogP contribution in [0.15, 0.2) is 0 Å². The molecule has 1 fully saturated rings. The molecule has 112 valence electrons. The van der Waals surface area contributed by atoms with E-state index in [1.165, 1.54) is 12.8 Å². The molecule has 0 spiro atoms. The predicted octanol–water partition coefficient (Wildman–Crippen LogP) is 1.71. The predicted molar refractivity (Wildman–Crippen MR) is 80.3 cm³/mol. The van der Waals surface area contributed by atoms with Gasteiger partial charge in [-0.15, -0.1) is 0 Å². The highest BCUT2D eigenvalue weighted by Gasteiger charge is 2.28. The minimum absolute atomic E-state index is 0.0135. The molecule has 0 aromatic rings. The van der Waals surface area contributed by atoms with Crippen LogP contribution in [0.2, 0.25) is 0 Å². The van der Waals surface area contributed by atoms with Crippen LogP contribution in [0.5, 0.6) is 0 Å². The molecule has 0 aromatic heterocycles. The molecule has 0 aliphatic carbocycles. The van der Waals surface area contributed by atoms with Crippen LogP contribution in [0.4, 0.5) is 0 Å². The number of rotatable bonds is 7. The second-order valence-corrected chi connectivity index (χ2v) is 5.60. The van der Waals surface area contributed by atoms with Gasteiger partial charge in [-0.05, 0) is 33.2 Å². The van der Waals surface area contributed by atoms with E-state index in [4.69, 9.17) is 0 Å². The van der Waals surface area contributed by atoms with Gasteiger partial charge in [-0.25, -0.2) is 0 Å². The molecular formula is C15H31N3O. The van der Waals surface area contributed by atoms with Gasteiger partial charge in [0.2, 0.25) is 5.91 Å². The lowest BCUT2D eigenvalue weighted by molar-refractivity contribution is -0.137. The Labute approximate surface area is 118 Å². The maximum Gasteiger partial charge on any atom is 0.239 e. The van der Waals surface area contributed by atoms with Gasteiger partial charge in [0.25, 0.3) is 0 Å². The Hall–Kier alpha value is -0.610. The molecule has 1 amide bonds. The Morgan fingerprint density at radius 3 is 2.42 bits per heavy atom. The monoisotopic (exact) mass is 269 g/mol. The SMILES string of the molecule is CCCCN(C(C)CC)C(C)C(=O)N1CCNCC1. The number of nitrogens with zero attached hydrogens (tertiary/aromatic N) is 2. The average Bonchev–Trinajstić information content (AvgIpc) is 2.47. The smallest absolute Gasteiger partial charge is 0.239 e. The molecule has 0 bridgehead atoms. The summed E-state index contributed by atoms with van der Waals surface area (Å²) in [7, 11) is 0. The van der Waals surface area contributed by atoms with Crippen LogP contribution in [0.25, 0.3) is 0 Å². The van der Waals surface area contributed by atoms with E-state index < -0.39 is 0 Å². The van der Waals surface area contributed by atoms with Crippen LogP contribution < -0.4 is 5.32 Å². The van der Waals surface area contributed by atoms with Gasteiger partial charge in [-0.2, -0.15) is 0 Å². The first kappa shape index (κ1) is 16.4. The first-order chi connectivity index (χ1) is 9.11. The first-order valence-electron chi connectivity index (χ1n) is 7.87. The highest BCUT2D eigenvalue weighted by Crippen LogP contribution is 2.13. The largest absolute Gasteiger partial charge is 0.339 e. The van der Waals surface area contributed by atoms with Gasteiger partial charge in [0, 0.05) is 32.2 Å². The number of hydrogen-bond donors (Lipinski definition) is 1. The lowest BCUT2D eigenvalue weighted by Gasteiger charge is -2.37. The summed E-state index contributed by atoms with van der Waals surface area (Å²) in [6.45, 7) is 13.3. The number of amides is 1. The Morgan fingerprint density at radius 1 is 1.26 bits per heavy atom. The summed E-state index contributed by atoms with van der Waals surface area (Å²) in [6, 6.07) is 0.494. The third kappa shape index (κ3) is 4.77. The van der Waals surface area contributed by atoms with Crippen molar-refractivity contribution in [2.45, 2.75) is 59.0 Å². The molecule has 0 radical (unpaired) electrons. The summed E-state index contributed by atoms with van der Waals surface area (Å²) in [5.41, 5.74) is 0. The van der Waals surface area contributed by atoms with Crippen LogP contribution in [-0.4, -0.2) is 60.5 Å². The van der Waals surface area contributed by atoms with Crippen molar-refractivity contribution in [3.8, 4) is 0 Å². The molecule has 1 heterocycles. The van der Waals surface area contributed by atoms with E-state index in [0.29, 0.717) is 11.9 Å². The van der Waals surface area contributed by atoms with Gasteiger partial charge in [0.15, 0.2) is 0 Å². The average molecular weight is 269 g/mol. The van der Waals surface area contributed by atoms with Crippen LogP contribution in [-0.2, 0) is 4.79 Å². The fourth-order valence-electron chi connectivity index (χ4n) is 2.66. The normalized spacial score (nSPS) is 19.5. The molecule has 2 unspecified atom stereocenters. The van der Waals surface area contributed by atoms with E-state index >= 15 is 0 Å². The van der Waals surface area contributed by atoms with E-state index in [2.05, 4.69) is 37.9 Å². The van der Waals surface area contributed by atoms with Crippen molar-refractivity contribution in [3.63, 3.8) is 0 Å². The topological polar surface area (TPSA) is 35.6 Å². The molecule has 1 saturated heterocycles. The molecule has 1 aliphatic heterocycles. The van der Waals surface area contributed by atoms with Gasteiger partial charge < -0.3 is 10.2 Å². The summed E-state index contributed by atoms with van der Waals surface area (Å²) in [5, 5.41) is 3.30. The molecule has 1 aliphatic rings. The lowest BCUT2D eigenvalue weighted by Crippen LogP contribution is -2.54. The summed E-state index contributed by atoms with van der Waals surface area (Å²) >= 11 is 0. The van der Waals surface area contributed by atoms with Crippen molar-refractivity contribution in [2.24, 2.45) is 0 Å². The van der Waals surface area contributed by atoms with Crippen LogP contribution in [0.3, 0.4) is 0 Å².